The van der Waals surface area contributed by atoms with E-state index >= 15 is 0 Å². The molecule has 2 unspecified atom stereocenters. The summed E-state index contributed by atoms with van der Waals surface area (Å²) in [6, 6.07) is 11.8. The van der Waals surface area contributed by atoms with Gasteiger partial charge in [-0.1, -0.05) is 206 Å². The molecular formula is C52H92O8P2. The molecular weight excluding hydrogens is 815 g/mol. The number of phosphoric acid groups is 2. The highest BCUT2D eigenvalue weighted by Crippen LogP contribution is 2.47. The van der Waals surface area contributed by atoms with Crippen LogP contribution in [0.5, 0.6) is 11.5 Å². The highest BCUT2D eigenvalue weighted by molar-refractivity contribution is 7.48. The molecule has 2 aromatic carbocycles. The van der Waals surface area contributed by atoms with Crippen LogP contribution in [0.4, 0.5) is 0 Å². The van der Waals surface area contributed by atoms with E-state index in [1.807, 2.05) is 24.3 Å². The van der Waals surface area contributed by atoms with E-state index in [1.165, 1.54) is 127 Å². The van der Waals surface area contributed by atoms with Crippen molar-refractivity contribution in [2.75, 3.05) is 13.2 Å². The lowest BCUT2D eigenvalue weighted by Crippen LogP contribution is -2.04. The van der Waals surface area contributed by atoms with Crippen LogP contribution < -0.4 is 9.05 Å². The van der Waals surface area contributed by atoms with Gasteiger partial charge in [-0.2, -0.15) is 0 Å². The quantitative estimate of drug-likeness (QED) is 0.0500. The normalized spacial score (nSPS) is 13.6. The predicted molar refractivity (Wildman–Crippen MR) is 262 cm³/mol. The zero-order valence-electron chi connectivity index (χ0n) is 40.2. The molecule has 0 saturated carbocycles. The number of hydrogen-bond acceptors (Lipinski definition) is 6. The number of aryl methyl sites for hydroxylation is 2. The van der Waals surface area contributed by atoms with E-state index < -0.39 is 15.6 Å². The summed E-state index contributed by atoms with van der Waals surface area (Å²) in [5, 5.41) is 0. The number of unbranched alkanes of at least 4 members (excludes halogenated alkanes) is 25. The third kappa shape index (κ3) is 27.6. The predicted octanol–water partition coefficient (Wildman–Crippen LogP) is 17.3. The summed E-state index contributed by atoms with van der Waals surface area (Å²) in [7, 11) is -8.56. The van der Waals surface area contributed by atoms with E-state index in [-0.39, 0.29) is 13.2 Å². The van der Waals surface area contributed by atoms with E-state index in [0.717, 1.165) is 101 Å². The van der Waals surface area contributed by atoms with Crippen molar-refractivity contribution in [1.29, 1.82) is 0 Å². The monoisotopic (exact) mass is 907 g/mol. The Balaban J connectivity index is 1.78. The Bertz CT molecular complexity index is 1370. The van der Waals surface area contributed by atoms with Crippen LogP contribution in [0.25, 0.3) is 0 Å². The van der Waals surface area contributed by atoms with Gasteiger partial charge in [0.2, 0.25) is 0 Å². The first-order valence-electron chi connectivity index (χ1n) is 25.7. The van der Waals surface area contributed by atoms with E-state index in [4.69, 9.17) is 18.1 Å². The molecule has 0 aliphatic heterocycles. The van der Waals surface area contributed by atoms with E-state index in [0.29, 0.717) is 24.3 Å². The Labute approximate surface area is 380 Å². The van der Waals surface area contributed by atoms with Crippen molar-refractivity contribution in [2.45, 2.75) is 246 Å². The van der Waals surface area contributed by atoms with Gasteiger partial charge >= 0.3 is 15.6 Å². The van der Waals surface area contributed by atoms with Gasteiger partial charge in [0.05, 0.1) is 13.2 Å². The lowest BCUT2D eigenvalue weighted by Gasteiger charge is -2.19. The molecule has 0 radical (unpaired) electrons. The molecule has 10 heteroatoms. The fourth-order valence-corrected chi connectivity index (χ4v) is 10.0. The number of rotatable bonds is 43. The molecule has 0 heterocycles. The van der Waals surface area contributed by atoms with Crippen LogP contribution in [0.3, 0.4) is 0 Å². The van der Waals surface area contributed by atoms with E-state index in [1.54, 1.807) is 0 Å². The smallest absolute Gasteiger partial charge is 0.404 e. The Hall–Kier alpha value is -1.66. The molecule has 0 aliphatic rings. The molecule has 2 aromatic rings. The maximum absolute atomic E-state index is 13.1. The number of phosphoric ester groups is 2. The van der Waals surface area contributed by atoms with Gasteiger partial charge in [-0.3, -0.25) is 18.8 Å². The summed E-state index contributed by atoms with van der Waals surface area (Å²) in [4.78, 5) is 21.4. The SMILES string of the molecule is CCCCCCCCc1cccc(OP(=O)(O)OCCCCCCCCOP(=O)(O)Oc2cccc(CCCCCCCC)c2CCCCCCCC)c1CCCCCCCC. The van der Waals surface area contributed by atoms with Crippen molar-refractivity contribution in [3.8, 4) is 11.5 Å². The molecule has 0 aliphatic carbocycles. The summed E-state index contributed by atoms with van der Waals surface area (Å²) in [5.41, 5.74) is 4.57. The standard InChI is InChI=1S/C52H92O8P2/c1-5-9-13-17-23-29-37-47-39-35-43-51(49(47)41-31-25-19-15-11-7-3)59-61(53,54)57-45-33-27-21-22-28-34-46-58-62(55,56)60-52-44-36-40-48(38-30-24-18-14-10-6-2)50(52)42-32-26-20-16-12-8-4/h35-36,39-40,43-44H,5-34,37-38,41-42,45-46H2,1-4H3,(H,53,54)(H,55,56). The van der Waals surface area contributed by atoms with Gasteiger partial charge in [0, 0.05) is 0 Å². The molecule has 0 spiro atoms. The maximum atomic E-state index is 13.1. The molecule has 0 saturated heterocycles. The second-order valence-electron chi connectivity index (χ2n) is 17.8. The molecule has 0 amide bonds. The summed E-state index contributed by atoms with van der Waals surface area (Å²) >= 11 is 0. The van der Waals surface area contributed by atoms with Crippen LogP contribution in [-0.2, 0) is 43.9 Å². The van der Waals surface area contributed by atoms with E-state index in [9.17, 15) is 18.9 Å². The van der Waals surface area contributed by atoms with Gasteiger partial charge in [0.25, 0.3) is 0 Å². The number of benzene rings is 2. The lowest BCUT2D eigenvalue weighted by atomic mass is 9.95. The van der Waals surface area contributed by atoms with Crippen LogP contribution >= 0.6 is 15.6 Å². The highest BCUT2D eigenvalue weighted by Gasteiger charge is 2.26. The molecule has 0 bridgehead atoms. The van der Waals surface area contributed by atoms with Crippen molar-refractivity contribution in [3.63, 3.8) is 0 Å². The summed E-state index contributed by atoms with van der Waals surface area (Å²) < 4.78 is 48.7. The van der Waals surface area contributed by atoms with Crippen LogP contribution in [-0.4, -0.2) is 23.0 Å². The van der Waals surface area contributed by atoms with Crippen molar-refractivity contribution < 1.29 is 37.0 Å². The minimum atomic E-state index is -4.28. The summed E-state index contributed by atoms with van der Waals surface area (Å²) in [6.07, 6.45) is 37.5. The topological polar surface area (TPSA) is 112 Å². The Morgan fingerprint density at radius 3 is 0.968 bits per heavy atom. The van der Waals surface area contributed by atoms with Crippen molar-refractivity contribution in [1.82, 2.24) is 0 Å². The van der Waals surface area contributed by atoms with Crippen LogP contribution in [0, 0.1) is 0 Å². The molecule has 2 atom stereocenters. The Morgan fingerprint density at radius 1 is 0.371 bits per heavy atom. The zero-order chi connectivity index (χ0) is 45.0. The van der Waals surface area contributed by atoms with Gasteiger partial charge < -0.3 is 9.05 Å². The zero-order valence-corrected chi connectivity index (χ0v) is 41.9. The Kier molecular flexibility index (Phi) is 33.3. The fraction of sp³-hybridized carbons (Fsp3) is 0.769. The first-order valence-corrected chi connectivity index (χ1v) is 28.7. The third-order valence-electron chi connectivity index (χ3n) is 12.1. The third-order valence-corrected chi connectivity index (χ3v) is 14.0. The van der Waals surface area contributed by atoms with E-state index in [2.05, 4.69) is 39.8 Å². The second-order valence-corrected chi connectivity index (χ2v) is 20.5. The van der Waals surface area contributed by atoms with Gasteiger partial charge in [0.1, 0.15) is 11.5 Å². The minimum absolute atomic E-state index is 0.146. The van der Waals surface area contributed by atoms with Crippen molar-refractivity contribution in [3.05, 3.63) is 58.7 Å². The largest absolute Gasteiger partial charge is 0.527 e. The molecule has 62 heavy (non-hydrogen) atoms. The maximum Gasteiger partial charge on any atom is 0.527 e. The average Bonchev–Trinajstić information content (AvgIpc) is 3.24. The second kappa shape index (κ2) is 36.5. The summed E-state index contributed by atoms with van der Waals surface area (Å²) in [6.45, 7) is 9.23. The lowest BCUT2D eigenvalue weighted by molar-refractivity contribution is 0.195. The van der Waals surface area contributed by atoms with Gasteiger partial charge in [0.15, 0.2) is 0 Å². The van der Waals surface area contributed by atoms with Gasteiger partial charge in [-0.25, -0.2) is 9.13 Å². The first-order chi connectivity index (χ1) is 30.2. The van der Waals surface area contributed by atoms with Crippen LogP contribution in [0.15, 0.2) is 36.4 Å². The molecule has 8 nitrogen and oxygen atoms in total. The van der Waals surface area contributed by atoms with Gasteiger partial charge in [-0.05, 0) is 98.6 Å². The van der Waals surface area contributed by atoms with Crippen molar-refractivity contribution >= 4 is 15.6 Å². The van der Waals surface area contributed by atoms with Gasteiger partial charge in [-0.15, -0.1) is 0 Å². The molecule has 0 fully saturated rings. The minimum Gasteiger partial charge on any atom is -0.404 e. The van der Waals surface area contributed by atoms with Crippen LogP contribution in [0.2, 0.25) is 0 Å². The molecule has 0 aromatic heterocycles. The number of hydrogen-bond donors (Lipinski definition) is 2. The molecule has 2 rings (SSSR count). The Morgan fingerprint density at radius 2 is 0.645 bits per heavy atom. The molecule has 2 N–H and O–H groups in total. The molecule has 358 valence electrons. The fourth-order valence-electron chi connectivity index (χ4n) is 8.36. The average molecular weight is 907 g/mol. The highest BCUT2D eigenvalue weighted by atomic mass is 31.2. The first kappa shape index (κ1) is 56.5. The summed E-state index contributed by atoms with van der Waals surface area (Å²) in [5.74, 6) is 0.970. The van der Waals surface area contributed by atoms with Crippen LogP contribution in [0.1, 0.15) is 243 Å². The van der Waals surface area contributed by atoms with Crippen molar-refractivity contribution in [2.24, 2.45) is 0 Å².